The summed E-state index contributed by atoms with van der Waals surface area (Å²) in [7, 11) is 3.14. The Labute approximate surface area is 79.6 Å². The number of hydrogen-bond acceptors (Lipinski definition) is 3. The number of carbonyl (C=O) groups excluding carboxylic acids is 1. The SMILES string of the molecule is CNC(=O)NC.NN1CCCCC1. The van der Waals surface area contributed by atoms with Crippen LogP contribution in [-0.2, 0) is 0 Å². The number of piperidine rings is 1. The lowest BCUT2D eigenvalue weighted by Gasteiger charge is -2.20. The van der Waals surface area contributed by atoms with E-state index in [1.807, 2.05) is 5.01 Å². The van der Waals surface area contributed by atoms with Crippen molar-refractivity contribution in [1.82, 2.24) is 15.6 Å². The minimum absolute atomic E-state index is 0.157. The molecular formula is C8H20N4O. The fourth-order valence-corrected chi connectivity index (χ4v) is 1.04. The third kappa shape index (κ3) is 7.55. The van der Waals surface area contributed by atoms with Crippen molar-refractivity contribution in [2.75, 3.05) is 27.2 Å². The molecule has 78 valence electrons. The number of nitrogens with zero attached hydrogens (tertiary/aromatic N) is 1. The lowest BCUT2D eigenvalue weighted by molar-refractivity contribution is 0.235. The topological polar surface area (TPSA) is 70.4 Å². The Morgan fingerprint density at radius 3 is 1.77 bits per heavy atom. The molecule has 1 aliphatic heterocycles. The molecule has 0 bridgehead atoms. The third-order valence-electron chi connectivity index (χ3n) is 1.84. The summed E-state index contributed by atoms with van der Waals surface area (Å²) in [5.41, 5.74) is 0. The summed E-state index contributed by atoms with van der Waals surface area (Å²) in [4.78, 5) is 9.96. The van der Waals surface area contributed by atoms with Crippen molar-refractivity contribution >= 4 is 6.03 Å². The minimum Gasteiger partial charge on any atom is -0.341 e. The molecule has 0 saturated carbocycles. The highest BCUT2D eigenvalue weighted by atomic mass is 16.2. The first-order valence-corrected chi connectivity index (χ1v) is 4.59. The number of nitrogens with two attached hydrogens (primary N) is 1. The van der Waals surface area contributed by atoms with Crippen LogP contribution in [0.25, 0.3) is 0 Å². The molecule has 0 aromatic rings. The zero-order valence-electron chi connectivity index (χ0n) is 8.47. The molecule has 5 heteroatoms. The van der Waals surface area contributed by atoms with Crippen LogP contribution in [0.5, 0.6) is 0 Å². The monoisotopic (exact) mass is 188 g/mol. The third-order valence-corrected chi connectivity index (χ3v) is 1.84. The molecule has 0 aromatic heterocycles. The fraction of sp³-hybridized carbons (Fsp3) is 0.875. The van der Waals surface area contributed by atoms with E-state index in [4.69, 9.17) is 5.84 Å². The molecule has 1 rings (SSSR count). The lowest BCUT2D eigenvalue weighted by atomic mass is 10.2. The number of amides is 2. The van der Waals surface area contributed by atoms with Crippen molar-refractivity contribution in [3.63, 3.8) is 0 Å². The maximum atomic E-state index is 9.96. The summed E-state index contributed by atoms with van der Waals surface area (Å²) in [6.07, 6.45) is 3.95. The van der Waals surface area contributed by atoms with E-state index in [2.05, 4.69) is 10.6 Å². The van der Waals surface area contributed by atoms with Gasteiger partial charge in [-0.05, 0) is 12.8 Å². The van der Waals surface area contributed by atoms with E-state index < -0.39 is 0 Å². The number of carbonyl (C=O) groups is 1. The molecule has 0 atom stereocenters. The lowest BCUT2D eigenvalue weighted by Crippen LogP contribution is -2.35. The first-order valence-electron chi connectivity index (χ1n) is 4.59. The van der Waals surface area contributed by atoms with Crippen LogP contribution in [0.3, 0.4) is 0 Å². The van der Waals surface area contributed by atoms with Crippen molar-refractivity contribution in [1.29, 1.82) is 0 Å². The van der Waals surface area contributed by atoms with Crippen molar-refractivity contribution in [2.24, 2.45) is 5.84 Å². The van der Waals surface area contributed by atoms with Gasteiger partial charge in [-0.15, -0.1) is 0 Å². The highest BCUT2D eigenvalue weighted by Crippen LogP contribution is 2.03. The van der Waals surface area contributed by atoms with Crippen molar-refractivity contribution in [3.8, 4) is 0 Å². The molecule has 1 heterocycles. The van der Waals surface area contributed by atoms with Gasteiger partial charge < -0.3 is 10.6 Å². The summed E-state index contributed by atoms with van der Waals surface area (Å²) < 4.78 is 0. The molecular weight excluding hydrogens is 168 g/mol. The average molecular weight is 188 g/mol. The molecule has 13 heavy (non-hydrogen) atoms. The van der Waals surface area contributed by atoms with E-state index in [0.29, 0.717) is 0 Å². The van der Waals surface area contributed by atoms with E-state index >= 15 is 0 Å². The van der Waals surface area contributed by atoms with Crippen LogP contribution in [0.15, 0.2) is 0 Å². The second-order valence-electron chi connectivity index (χ2n) is 2.93. The largest absolute Gasteiger partial charge is 0.341 e. The molecule has 0 unspecified atom stereocenters. The zero-order valence-corrected chi connectivity index (χ0v) is 8.47. The van der Waals surface area contributed by atoms with Crippen molar-refractivity contribution in [3.05, 3.63) is 0 Å². The second kappa shape index (κ2) is 7.82. The minimum atomic E-state index is -0.157. The van der Waals surface area contributed by atoms with Gasteiger partial charge in [0.2, 0.25) is 0 Å². The Morgan fingerprint density at radius 1 is 1.15 bits per heavy atom. The zero-order chi connectivity index (χ0) is 10.1. The van der Waals surface area contributed by atoms with E-state index in [9.17, 15) is 4.79 Å². The molecule has 0 aromatic carbocycles. The second-order valence-corrected chi connectivity index (χ2v) is 2.93. The molecule has 0 spiro atoms. The molecule has 5 nitrogen and oxygen atoms in total. The predicted octanol–water partition coefficient (Wildman–Crippen LogP) is -0.109. The van der Waals surface area contributed by atoms with Crippen LogP contribution in [0, 0.1) is 0 Å². The van der Waals surface area contributed by atoms with Crippen molar-refractivity contribution < 1.29 is 4.79 Å². The Balaban J connectivity index is 0.000000226. The summed E-state index contributed by atoms with van der Waals surface area (Å²) in [6, 6.07) is -0.157. The van der Waals surface area contributed by atoms with Crippen LogP contribution in [0.2, 0.25) is 0 Å². The quantitative estimate of drug-likeness (QED) is 0.465. The van der Waals surface area contributed by atoms with E-state index in [-0.39, 0.29) is 6.03 Å². The molecule has 1 fully saturated rings. The van der Waals surface area contributed by atoms with E-state index in [1.54, 1.807) is 14.1 Å². The normalized spacial score (nSPS) is 16.8. The highest BCUT2D eigenvalue weighted by molar-refractivity contribution is 5.72. The van der Waals surface area contributed by atoms with Gasteiger partial charge in [0.25, 0.3) is 0 Å². The van der Waals surface area contributed by atoms with Gasteiger partial charge in [-0.3, -0.25) is 5.84 Å². The van der Waals surface area contributed by atoms with Gasteiger partial charge in [0, 0.05) is 27.2 Å². The van der Waals surface area contributed by atoms with Gasteiger partial charge in [-0.2, -0.15) is 0 Å². The van der Waals surface area contributed by atoms with Crippen LogP contribution >= 0.6 is 0 Å². The molecule has 2 amide bonds. The number of hydrogen-bond donors (Lipinski definition) is 3. The van der Waals surface area contributed by atoms with E-state index in [0.717, 1.165) is 13.1 Å². The van der Waals surface area contributed by atoms with Gasteiger partial charge in [0.1, 0.15) is 0 Å². The Bertz CT molecular complexity index is 128. The molecule has 1 aliphatic rings. The predicted molar refractivity (Wildman–Crippen MR) is 53.1 cm³/mol. The maximum absolute atomic E-state index is 9.96. The number of hydrazine groups is 1. The average Bonchev–Trinajstić information content (AvgIpc) is 2.19. The molecule has 4 N–H and O–H groups in total. The molecule has 1 saturated heterocycles. The number of nitrogens with one attached hydrogen (secondary N) is 2. The van der Waals surface area contributed by atoms with Crippen LogP contribution in [0.4, 0.5) is 4.79 Å². The highest BCUT2D eigenvalue weighted by Gasteiger charge is 2.02. The van der Waals surface area contributed by atoms with Gasteiger partial charge in [-0.25, -0.2) is 9.80 Å². The Kier molecular flexibility index (Phi) is 7.33. The van der Waals surface area contributed by atoms with Gasteiger partial charge in [0.15, 0.2) is 0 Å². The number of rotatable bonds is 0. The fourth-order valence-electron chi connectivity index (χ4n) is 1.04. The van der Waals surface area contributed by atoms with Crippen LogP contribution in [-0.4, -0.2) is 38.2 Å². The molecule has 0 radical (unpaired) electrons. The van der Waals surface area contributed by atoms with Crippen molar-refractivity contribution in [2.45, 2.75) is 19.3 Å². The first-order chi connectivity index (χ1) is 6.20. The van der Waals surface area contributed by atoms with Crippen LogP contribution < -0.4 is 16.5 Å². The maximum Gasteiger partial charge on any atom is 0.314 e. The van der Waals surface area contributed by atoms with Gasteiger partial charge in [0.05, 0.1) is 0 Å². The number of urea groups is 1. The summed E-state index contributed by atoms with van der Waals surface area (Å²) >= 11 is 0. The van der Waals surface area contributed by atoms with Crippen LogP contribution in [0.1, 0.15) is 19.3 Å². The summed E-state index contributed by atoms with van der Waals surface area (Å²) in [6.45, 7) is 2.19. The van der Waals surface area contributed by atoms with Gasteiger partial charge in [-0.1, -0.05) is 6.42 Å². The smallest absolute Gasteiger partial charge is 0.314 e. The van der Waals surface area contributed by atoms with Gasteiger partial charge >= 0.3 is 6.03 Å². The van der Waals surface area contributed by atoms with E-state index in [1.165, 1.54) is 19.3 Å². The molecule has 0 aliphatic carbocycles. The first kappa shape index (κ1) is 12.2. The Morgan fingerprint density at radius 2 is 1.62 bits per heavy atom. The standard InChI is InChI=1S/C5H12N2.C3H8N2O/c6-7-4-2-1-3-5-7;1-4-3(6)5-2/h1-6H2;1-2H3,(H2,4,5,6). The Hall–Kier alpha value is -0.810. The summed E-state index contributed by atoms with van der Waals surface area (Å²) in [5.74, 6) is 5.47. The summed E-state index contributed by atoms with van der Waals surface area (Å²) in [5, 5.41) is 6.62.